The van der Waals surface area contributed by atoms with Crippen LogP contribution in [-0.2, 0) is 12.7 Å². The van der Waals surface area contributed by atoms with E-state index in [1.807, 2.05) is 0 Å². The van der Waals surface area contributed by atoms with Crippen molar-refractivity contribution < 1.29 is 40.7 Å². The van der Waals surface area contributed by atoms with Gasteiger partial charge in [-0.2, -0.15) is 13.2 Å². The Labute approximate surface area is 223 Å². The van der Waals surface area contributed by atoms with Gasteiger partial charge in [-0.3, -0.25) is 10.1 Å². The Kier molecular flexibility index (Phi) is 8.35. The number of rotatable bonds is 10. The van der Waals surface area contributed by atoms with Crippen LogP contribution in [0.25, 0.3) is 0 Å². The van der Waals surface area contributed by atoms with Crippen LogP contribution in [0.15, 0.2) is 48.8 Å². The lowest BCUT2D eigenvalue weighted by atomic mass is 10.3. The van der Waals surface area contributed by atoms with E-state index < -0.39 is 35.8 Å². The molecule has 0 saturated heterocycles. The van der Waals surface area contributed by atoms with Gasteiger partial charge in [0.1, 0.15) is 11.6 Å². The molecule has 1 saturated carbocycles. The van der Waals surface area contributed by atoms with Crippen LogP contribution < -0.4 is 26.0 Å². The number of halogens is 6. The minimum absolute atomic E-state index is 0.0449. The minimum atomic E-state index is -4.84. The lowest BCUT2D eigenvalue weighted by Gasteiger charge is -2.10. The second kappa shape index (κ2) is 11.7. The Morgan fingerprint density at radius 3 is 2.27 bits per heavy atom. The summed E-state index contributed by atoms with van der Waals surface area (Å²) in [4.78, 5) is 33.0. The number of urea groups is 1. The molecule has 0 unspecified atom stereocenters. The molecule has 3 amide bonds. The Balaban J connectivity index is 1.30. The number of imidazole rings is 1. The summed E-state index contributed by atoms with van der Waals surface area (Å²) < 4.78 is 80.2. The third-order valence-corrected chi connectivity index (χ3v) is 5.53. The zero-order chi connectivity index (χ0) is 28.9. The number of nitrogens with one attached hydrogen (secondary N) is 4. The fraction of sp³-hybridized carbons (Fsp3) is 0.333. The van der Waals surface area contributed by atoms with Gasteiger partial charge in [0.05, 0.1) is 5.56 Å². The van der Waals surface area contributed by atoms with Gasteiger partial charge < -0.3 is 25.3 Å². The average molecular weight is 571 g/mol. The smallest absolute Gasteiger partial charge is 0.406 e. The first kappa shape index (κ1) is 28.5. The van der Waals surface area contributed by atoms with Crippen molar-refractivity contribution in [3.8, 4) is 5.75 Å². The summed E-state index contributed by atoms with van der Waals surface area (Å²) in [6, 6.07) is 5.86. The maximum Gasteiger partial charge on any atom is 0.573 e. The van der Waals surface area contributed by atoms with Crippen LogP contribution in [0.1, 0.15) is 29.0 Å². The summed E-state index contributed by atoms with van der Waals surface area (Å²) in [5.41, 5.74) is -0.683. The van der Waals surface area contributed by atoms with Crippen LogP contribution in [0.5, 0.6) is 5.75 Å². The molecule has 40 heavy (non-hydrogen) atoms. The Morgan fingerprint density at radius 1 is 0.950 bits per heavy atom. The predicted octanol–water partition coefficient (Wildman–Crippen LogP) is 5.09. The van der Waals surface area contributed by atoms with Gasteiger partial charge in [0.2, 0.25) is 5.82 Å². The molecule has 10 nitrogen and oxygen atoms in total. The number of anilines is 3. The average Bonchev–Trinajstić information content (AvgIpc) is 3.60. The lowest BCUT2D eigenvalue weighted by molar-refractivity contribution is -0.274. The molecule has 16 heteroatoms. The highest BCUT2D eigenvalue weighted by Crippen LogP contribution is 2.31. The summed E-state index contributed by atoms with van der Waals surface area (Å²) in [5, 5.41) is 10.4. The van der Waals surface area contributed by atoms with E-state index in [0.29, 0.717) is 18.7 Å². The second-order valence-corrected chi connectivity index (χ2v) is 8.81. The predicted molar refractivity (Wildman–Crippen MR) is 131 cm³/mol. The molecule has 0 radical (unpaired) electrons. The normalized spacial score (nSPS) is 13.4. The highest BCUT2D eigenvalue weighted by atomic mass is 19.4. The SMILES string of the molecule is O=C(Nc1ccc(OC(F)(F)F)cc1)Nc1cn(CC2CC2)c(C(=O)NCCNc2ccc(C(F)(F)F)cn2)n1. The van der Waals surface area contributed by atoms with Gasteiger partial charge in [-0.1, -0.05) is 0 Å². The molecule has 0 aliphatic heterocycles. The molecule has 1 aromatic carbocycles. The molecule has 2 heterocycles. The quantitative estimate of drug-likeness (QED) is 0.199. The van der Waals surface area contributed by atoms with Gasteiger partial charge in [0.15, 0.2) is 5.82 Å². The zero-order valence-electron chi connectivity index (χ0n) is 20.6. The topological polar surface area (TPSA) is 122 Å². The van der Waals surface area contributed by atoms with Crippen LogP contribution in [0.2, 0.25) is 0 Å². The van der Waals surface area contributed by atoms with Crippen molar-refractivity contribution in [1.29, 1.82) is 0 Å². The first-order valence-electron chi connectivity index (χ1n) is 11.9. The molecule has 1 fully saturated rings. The van der Waals surface area contributed by atoms with E-state index in [-0.39, 0.29) is 36.2 Å². The molecule has 0 atom stereocenters. The zero-order valence-corrected chi connectivity index (χ0v) is 20.6. The van der Waals surface area contributed by atoms with Crippen molar-refractivity contribution in [2.45, 2.75) is 31.9 Å². The summed E-state index contributed by atoms with van der Waals surface area (Å²) >= 11 is 0. The van der Waals surface area contributed by atoms with Crippen molar-refractivity contribution in [2.75, 3.05) is 29.0 Å². The van der Waals surface area contributed by atoms with E-state index in [1.165, 1.54) is 24.4 Å². The second-order valence-electron chi connectivity index (χ2n) is 8.81. The van der Waals surface area contributed by atoms with Crippen molar-refractivity contribution >= 4 is 29.3 Å². The first-order chi connectivity index (χ1) is 18.9. The van der Waals surface area contributed by atoms with Gasteiger partial charge in [0.25, 0.3) is 5.91 Å². The summed E-state index contributed by atoms with van der Waals surface area (Å²) in [6.07, 6.45) is -5.15. The monoisotopic (exact) mass is 571 g/mol. The molecule has 4 rings (SSSR count). The minimum Gasteiger partial charge on any atom is -0.406 e. The Hall–Kier alpha value is -4.50. The Morgan fingerprint density at radius 2 is 1.68 bits per heavy atom. The first-order valence-corrected chi connectivity index (χ1v) is 11.9. The van der Waals surface area contributed by atoms with Crippen LogP contribution in [0.3, 0.4) is 0 Å². The third kappa shape index (κ3) is 8.51. The molecule has 1 aliphatic rings. The third-order valence-electron chi connectivity index (χ3n) is 5.53. The van der Waals surface area contributed by atoms with E-state index in [4.69, 9.17) is 0 Å². The molecular formula is C24H23F6N7O3. The van der Waals surface area contributed by atoms with Crippen molar-refractivity contribution in [3.05, 3.63) is 60.2 Å². The van der Waals surface area contributed by atoms with Crippen LogP contribution in [0.4, 0.5) is 48.5 Å². The molecule has 0 spiro atoms. The Bertz CT molecular complexity index is 1320. The number of ether oxygens (including phenoxy) is 1. The van der Waals surface area contributed by atoms with Gasteiger partial charge >= 0.3 is 18.6 Å². The fourth-order valence-corrected chi connectivity index (χ4v) is 3.51. The van der Waals surface area contributed by atoms with Crippen molar-refractivity contribution in [1.82, 2.24) is 19.9 Å². The number of carbonyl (C=O) groups excluding carboxylic acids is 2. The maximum atomic E-state index is 12.8. The summed E-state index contributed by atoms with van der Waals surface area (Å²) in [7, 11) is 0. The van der Waals surface area contributed by atoms with E-state index in [9.17, 15) is 35.9 Å². The van der Waals surface area contributed by atoms with Crippen molar-refractivity contribution in [3.63, 3.8) is 0 Å². The summed E-state index contributed by atoms with van der Waals surface area (Å²) in [5.74, 6) is -0.282. The number of nitrogens with zero attached hydrogens (tertiary/aromatic N) is 3. The van der Waals surface area contributed by atoms with Gasteiger partial charge in [-0.25, -0.2) is 14.8 Å². The standard InChI is InChI=1S/C24H23F6N7O3/c25-23(26,27)15-3-8-18(33-11-15)31-9-10-32-21(38)20-35-19(13-37(20)12-14-1-2-14)36-22(39)34-16-4-6-17(7-5-16)40-24(28,29)30/h3-8,11,13-14H,1-2,9-10,12H2,(H,31,33)(H,32,38)(H2,34,36,39). The van der Waals surface area contributed by atoms with Gasteiger partial charge in [0, 0.05) is 37.7 Å². The highest BCUT2D eigenvalue weighted by Gasteiger charge is 2.31. The number of hydrogen-bond donors (Lipinski definition) is 4. The lowest BCUT2D eigenvalue weighted by Crippen LogP contribution is -2.31. The molecule has 1 aliphatic carbocycles. The summed E-state index contributed by atoms with van der Waals surface area (Å²) in [6.45, 7) is 0.788. The molecule has 4 N–H and O–H groups in total. The molecular weight excluding hydrogens is 548 g/mol. The maximum absolute atomic E-state index is 12.8. The highest BCUT2D eigenvalue weighted by molar-refractivity contribution is 5.99. The molecule has 214 valence electrons. The molecule has 2 aromatic heterocycles. The number of amides is 3. The number of aromatic nitrogens is 3. The number of pyridine rings is 1. The van der Waals surface area contributed by atoms with Crippen LogP contribution >= 0.6 is 0 Å². The van der Waals surface area contributed by atoms with Crippen molar-refractivity contribution in [2.24, 2.45) is 5.92 Å². The van der Waals surface area contributed by atoms with Crippen LogP contribution in [0, 0.1) is 5.92 Å². The largest absolute Gasteiger partial charge is 0.573 e. The van der Waals surface area contributed by atoms with E-state index in [1.54, 1.807) is 4.57 Å². The molecule has 3 aromatic rings. The number of benzene rings is 1. The van der Waals surface area contributed by atoms with E-state index >= 15 is 0 Å². The number of alkyl halides is 6. The van der Waals surface area contributed by atoms with Gasteiger partial charge in [-0.05, 0) is 55.2 Å². The fourth-order valence-electron chi connectivity index (χ4n) is 3.51. The molecule has 0 bridgehead atoms. The van der Waals surface area contributed by atoms with E-state index in [0.717, 1.165) is 31.0 Å². The van der Waals surface area contributed by atoms with E-state index in [2.05, 4.69) is 36.0 Å². The van der Waals surface area contributed by atoms with Gasteiger partial charge in [-0.15, -0.1) is 13.2 Å². The number of hydrogen-bond acceptors (Lipinski definition) is 6. The number of carbonyl (C=O) groups is 2. The van der Waals surface area contributed by atoms with Crippen LogP contribution in [-0.4, -0.2) is 45.9 Å².